The second-order valence-corrected chi connectivity index (χ2v) is 5.83. The van der Waals surface area contributed by atoms with Crippen molar-refractivity contribution in [3.8, 4) is 0 Å². The van der Waals surface area contributed by atoms with E-state index in [1.54, 1.807) is 4.68 Å². The first-order valence-electron chi connectivity index (χ1n) is 8.01. The molecule has 8 nitrogen and oxygen atoms in total. The number of carbonyl (C=O) groups excluding carboxylic acids is 1. The van der Waals surface area contributed by atoms with E-state index >= 15 is 0 Å². The molecule has 1 aliphatic heterocycles. The number of nitrogens with one attached hydrogen (secondary N) is 2. The molecule has 0 bridgehead atoms. The van der Waals surface area contributed by atoms with E-state index < -0.39 is 5.97 Å². The van der Waals surface area contributed by atoms with E-state index in [0.717, 1.165) is 11.3 Å². The Bertz CT molecular complexity index is 813. The first kappa shape index (κ1) is 16.7. The lowest BCUT2D eigenvalue weighted by atomic mass is 10.1. The van der Waals surface area contributed by atoms with Gasteiger partial charge in [-0.3, -0.25) is 14.9 Å². The van der Waals surface area contributed by atoms with E-state index in [9.17, 15) is 9.59 Å². The lowest BCUT2D eigenvalue weighted by Crippen LogP contribution is -2.19. The molecule has 1 amide bonds. The number of anilines is 2. The van der Waals surface area contributed by atoms with Gasteiger partial charge in [-0.1, -0.05) is 30.3 Å². The smallest absolute Gasteiger partial charge is 0.303 e. The molecule has 1 aromatic carbocycles. The number of fused-ring (bicyclic) bond motifs is 1. The summed E-state index contributed by atoms with van der Waals surface area (Å²) in [5, 5.41) is 18.7. The van der Waals surface area contributed by atoms with Gasteiger partial charge in [-0.25, -0.2) is 4.68 Å². The maximum atomic E-state index is 11.9. The highest BCUT2D eigenvalue weighted by atomic mass is 16.4. The third kappa shape index (κ3) is 4.03. The Morgan fingerprint density at radius 2 is 2.04 bits per heavy atom. The van der Waals surface area contributed by atoms with Crippen LogP contribution in [0.2, 0.25) is 0 Å². The van der Waals surface area contributed by atoms with Gasteiger partial charge in [-0.05, 0) is 25.0 Å². The summed E-state index contributed by atoms with van der Waals surface area (Å²) >= 11 is 0. The maximum Gasteiger partial charge on any atom is 0.303 e. The van der Waals surface area contributed by atoms with Crippen LogP contribution in [0.4, 0.5) is 11.9 Å². The summed E-state index contributed by atoms with van der Waals surface area (Å²) in [5.41, 5.74) is 2.02. The van der Waals surface area contributed by atoms with E-state index in [4.69, 9.17) is 5.11 Å². The molecule has 25 heavy (non-hydrogen) atoms. The van der Waals surface area contributed by atoms with Gasteiger partial charge >= 0.3 is 5.97 Å². The summed E-state index contributed by atoms with van der Waals surface area (Å²) in [5.74, 6) is -0.466. The number of aliphatic carboxylic acids is 1. The van der Waals surface area contributed by atoms with Crippen molar-refractivity contribution in [1.82, 2.24) is 14.8 Å². The fourth-order valence-corrected chi connectivity index (χ4v) is 2.66. The van der Waals surface area contributed by atoms with Crippen molar-refractivity contribution in [1.29, 1.82) is 0 Å². The first-order valence-corrected chi connectivity index (χ1v) is 8.01. The van der Waals surface area contributed by atoms with Gasteiger partial charge in [0.15, 0.2) is 0 Å². The molecule has 3 rings (SSSR count). The largest absolute Gasteiger partial charge is 0.481 e. The minimum atomic E-state index is -0.917. The van der Waals surface area contributed by atoms with Gasteiger partial charge in [0.1, 0.15) is 6.04 Å². The molecule has 0 saturated carbocycles. The van der Waals surface area contributed by atoms with Crippen molar-refractivity contribution >= 4 is 23.8 Å². The van der Waals surface area contributed by atoms with Crippen LogP contribution in [-0.4, -0.2) is 31.7 Å². The highest BCUT2D eigenvalue weighted by Gasteiger charge is 2.23. The fraction of sp³-hybridized carbons (Fsp3) is 0.294. The number of benzene rings is 1. The van der Waals surface area contributed by atoms with Crippen LogP contribution in [0.15, 0.2) is 42.1 Å². The van der Waals surface area contributed by atoms with Gasteiger partial charge in [0.25, 0.3) is 5.95 Å². The molecule has 2 heterocycles. The lowest BCUT2D eigenvalue weighted by Gasteiger charge is -2.22. The summed E-state index contributed by atoms with van der Waals surface area (Å²) in [4.78, 5) is 26.7. The molecule has 0 unspecified atom stereocenters. The molecule has 1 atom stereocenters. The quantitative estimate of drug-likeness (QED) is 0.744. The standard InChI is InChI=1S/C17H19N5O3/c1-11-10-13(12-6-3-2-4-7-12)22-17(18-11)20-16(21-22)19-14(23)8-5-9-15(24)25/h2-4,6-7,10,13H,5,8-9H2,1H3,(H,24,25)(H2,18,19,20,21,23)/t13-/m0/s1. The highest BCUT2D eigenvalue weighted by Crippen LogP contribution is 2.29. The number of carbonyl (C=O) groups is 2. The predicted molar refractivity (Wildman–Crippen MR) is 92.1 cm³/mol. The molecule has 0 radical (unpaired) electrons. The third-order valence-electron chi connectivity index (χ3n) is 3.80. The van der Waals surface area contributed by atoms with Gasteiger partial charge in [-0.15, -0.1) is 5.10 Å². The zero-order valence-corrected chi connectivity index (χ0v) is 13.8. The Morgan fingerprint density at radius 3 is 2.76 bits per heavy atom. The number of aromatic nitrogens is 3. The second-order valence-electron chi connectivity index (χ2n) is 5.83. The Labute approximate surface area is 144 Å². The number of hydrogen-bond donors (Lipinski definition) is 3. The normalized spacial score (nSPS) is 15.7. The van der Waals surface area contributed by atoms with Gasteiger partial charge in [0.2, 0.25) is 11.9 Å². The molecular formula is C17H19N5O3. The molecule has 0 aliphatic carbocycles. The van der Waals surface area contributed by atoms with Crippen molar-refractivity contribution in [2.75, 3.05) is 10.6 Å². The van der Waals surface area contributed by atoms with Gasteiger partial charge in [-0.2, -0.15) is 4.98 Å². The molecule has 0 spiro atoms. The highest BCUT2D eigenvalue weighted by molar-refractivity contribution is 5.89. The van der Waals surface area contributed by atoms with Crippen molar-refractivity contribution in [3.05, 3.63) is 47.7 Å². The van der Waals surface area contributed by atoms with E-state index in [-0.39, 0.29) is 37.2 Å². The van der Waals surface area contributed by atoms with Crippen LogP contribution in [0.5, 0.6) is 0 Å². The van der Waals surface area contributed by atoms with E-state index in [1.807, 2.05) is 43.3 Å². The number of hydrogen-bond acceptors (Lipinski definition) is 5. The molecule has 1 aromatic heterocycles. The number of carboxylic acid groups (broad SMARTS) is 1. The van der Waals surface area contributed by atoms with Crippen molar-refractivity contribution < 1.29 is 14.7 Å². The average Bonchev–Trinajstić information content (AvgIpc) is 2.96. The van der Waals surface area contributed by atoms with Crippen molar-refractivity contribution in [2.45, 2.75) is 32.2 Å². The summed E-state index contributed by atoms with van der Waals surface area (Å²) in [7, 11) is 0. The number of allylic oxidation sites excluding steroid dienone is 2. The van der Waals surface area contributed by atoms with Crippen LogP contribution in [0.3, 0.4) is 0 Å². The second kappa shape index (κ2) is 7.16. The monoisotopic (exact) mass is 341 g/mol. The Balaban J connectivity index is 1.74. The van der Waals surface area contributed by atoms with Crippen LogP contribution in [0.1, 0.15) is 37.8 Å². The number of rotatable bonds is 6. The van der Waals surface area contributed by atoms with Crippen LogP contribution < -0.4 is 10.6 Å². The summed E-state index contributed by atoms with van der Waals surface area (Å²) < 4.78 is 1.72. The molecule has 1 aliphatic rings. The minimum absolute atomic E-state index is 0.0404. The van der Waals surface area contributed by atoms with E-state index in [0.29, 0.717) is 5.95 Å². The molecule has 3 N–H and O–H groups in total. The van der Waals surface area contributed by atoms with E-state index in [2.05, 4.69) is 20.7 Å². The molecule has 2 aromatic rings. The number of carboxylic acids is 1. The van der Waals surface area contributed by atoms with Crippen LogP contribution in [-0.2, 0) is 9.59 Å². The van der Waals surface area contributed by atoms with Crippen molar-refractivity contribution in [2.24, 2.45) is 0 Å². The number of nitrogens with zero attached hydrogens (tertiary/aromatic N) is 3. The van der Waals surface area contributed by atoms with Crippen molar-refractivity contribution in [3.63, 3.8) is 0 Å². The number of amides is 1. The Morgan fingerprint density at radius 1 is 1.28 bits per heavy atom. The average molecular weight is 341 g/mol. The Kier molecular flexibility index (Phi) is 4.78. The van der Waals surface area contributed by atoms with Crippen LogP contribution >= 0.6 is 0 Å². The van der Waals surface area contributed by atoms with Gasteiger partial charge < -0.3 is 10.4 Å². The zero-order valence-electron chi connectivity index (χ0n) is 13.8. The SMILES string of the molecule is CC1=C[C@@H](c2ccccc2)n2nc(NC(=O)CCCC(=O)O)nc2N1. The van der Waals surface area contributed by atoms with Gasteiger partial charge in [0.05, 0.1) is 0 Å². The minimum Gasteiger partial charge on any atom is -0.481 e. The molecule has 8 heteroatoms. The molecule has 0 fully saturated rings. The lowest BCUT2D eigenvalue weighted by molar-refractivity contribution is -0.137. The summed E-state index contributed by atoms with van der Waals surface area (Å²) in [6, 6.07) is 9.78. The summed E-state index contributed by atoms with van der Waals surface area (Å²) in [6.45, 7) is 1.94. The predicted octanol–water partition coefficient (Wildman–Crippen LogP) is 2.39. The van der Waals surface area contributed by atoms with Crippen LogP contribution in [0.25, 0.3) is 0 Å². The maximum absolute atomic E-state index is 11.9. The van der Waals surface area contributed by atoms with Gasteiger partial charge in [0, 0.05) is 18.5 Å². The van der Waals surface area contributed by atoms with Crippen LogP contribution in [0, 0.1) is 0 Å². The zero-order chi connectivity index (χ0) is 17.8. The first-order chi connectivity index (χ1) is 12.0. The molecule has 0 saturated heterocycles. The third-order valence-corrected chi connectivity index (χ3v) is 3.80. The van der Waals surface area contributed by atoms with E-state index in [1.165, 1.54) is 0 Å². The molecular weight excluding hydrogens is 322 g/mol. The molecule has 130 valence electrons. The summed E-state index contributed by atoms with van der Waals surface area (Å²) in [6.07, 6.45) is 2.39. The topological polar surface area (TPSA) is 109 Å². The fourth-order valence-electron chi connectivity index (χ4n) is 2.66. The Hall–Kier alpha value is -3.16.